The molecule has 30 nitrogen and oxygen atoms in total. The van der Waals surface area contributed by atoms with Crippen LogP contribution in [0.2, 0.25) is 0 Å². The number of aryl methyl sites for hydroxylation is 10. The van der Waals surface area contributed by atoms with Gasteiger partial charge in [0.05, 0.1) is 85.3 Å². The van der Waals surface area contributed by atoms with E-state index in [0.29, 0.717) is 95.5 Å². The minimum absolute atomic E-state index is 0.339. The van der Waals surface area contributed by atoms with E-state index >= 15 is 0 Å². The van der Waals surface area contributed by atoms with Crippen molar-refractivity contribution in [2.24, 2.45) is 7.05 Å². The normalized spacial score (nSPS) is 10.6. The second-order valence-electron chi connectivity index (χ2n) is 34.4. The van der Waals surface area contributed by atoms with Gasteiger partial charge in [-0.15, -0.1) is 31.7 Å². The molecule has 0 aliphatic rings. The van der Waals surface area contributed by atoms with Gasteiger partial charge in [0.25, 0.3) is 0 Å². The van der Waals surface area contributed by atoms with E-state index in [1.807, 2.05) is 204 Å². The van der Waals surface area contributed by atoms with Gasteiger partial charge in [-0.1, -0.05) is 96.9 Å². The van der Waals surface area contributed by atoms with Gasteiger partial charge in [0.15, 0.2) is 5.89 Å². The van der Waals surface area contributed by atoms with Crippen LogP contribution in [0, 0.1) is 62.3 Å². The van der Waals surface area contributed by atoms with Crippen LogP contribution in [0.1, 0.15) is 374 Å². The van der Waals surface area contributed by atoms with Gasteiger partial charge in [-0.2, -0.15) is 50.7 Å². The summed E-state index contributed by atoms with van der Waals surface area (Å²) in [7, 11) is 1.94. The van der Waals surface area contributed by atoms with Crippen LogP contribution in [0.5, 0.6) is 0 Å². The third-order valence-electron chi connectivity index (χ3n) is 17.9. The van der Waals surface area contributed by atoms with Crippen LogP contribution in [0.25, 0.3) is 0 Å². The molecule has 125 heavy (non-hydrogen) atoms. The van der Waals surface area contributed by atoms with Gasteiger partial charge in [-0.25, -0.2) is 15.0 Å². The van der Waals surface area contributed by atoms with Crippen LogP contribution < -0.4 is 5.73 Å². The van der Waals surface area contributed by atoms with Crippen molar-refractivity contribution in [2.75, 3.05) is 5.73 Å². The van der Waals surface area contributed by atoms with E-state index in [9.17, 15) is 0 Å². The van der Waals surface area contributed by atoms with Crippen molar-refractivity contribution in [2.45, 2.75) is 353 Å². The summed E-state index contributed by atoms with van der Waals surface area (Å²) in [5.74, 6) is 6.77. The first-order chi connectivity index (χ1) is 58.6. The number of aromatic amines is 2. The third kappa shape index (κ3) is 46.5. The zero-order valence-corrected chi connectivity index (χ0v) is 84.4. The quantitative estimate of drug-likeness (QED) is 0.0858. The number of H-pyrrole nitrogens is 2. The lowest BCUT2D eigenvalue weighted by atomic mass is 10.1. The monoisotopic (exact) mass is 1750 g/mol. The van der Waals surface area contributed by atoms with Crippen LogP contribution >= 0.6 is 11.3 Å². The molecule has 0 aliphatic heterocycles. The van der Waals surface area contributed by atoms with Gasteiger partial charge in [0.1, 0.15) is 15.8 Å². The molecule has 14 aromatic rings. The molecule has 0 bridgehead atoms. The predicted molar refractivity (Wildman–Crippen MR) is 513 cm³/mol. The number of hydrogen-bond donors (Lipinski definition) is 3. The van der Waals surface area contributed by atoms with E-state index in [1.54, 1.807) is 54.0 Å². The maximum Gasteiger partial charge on any atom is 0.219 e. The molecule has 14 aromatic heterocycles. The van der Waals surface area contributed by atoms with E-state index < -0.39 is 0 Å². The summed E-state index contributed by atoms with van der Waals surface area (Å²) in [4.78, 5) is 16.7. The molecular weight excluding hydrogens is 1590 g/mol. The number of rotatable bonds is 15. The zero-order valence-electron chi connectivity index (χ0n) is 83.6. The van der Waals surface area contributed by atoms with Gasteiger partial charge in [0, 0.05) is 154 Å². The van der Waals surface area contributed by atoms with Crippen molar-refractivity contribution in [3.8, 4) is 0 Å². The lowest BCUT2D eigenvalue weighted by Gasteiger charge is -2.07. The number of nitrogens with one attached hydrogen (secondary N) is 2. The number of hydrogen-bond acceptors (Lipinski definition) is 20. The largest absolute Gasteiger partial charge is 0.446 e. The highest BCUT2D eigenvalue weighted by Gasteiger charge is 2.10. The second kappa shape index (κ2) is 59.8. The fraction of sp³-hybridized carbons (Fsp3) is 0.574. The highest BCUT2D eigenvalue weighted by Crippen LogP contribution is 2.20. The molecule has 694 valence electrons. The maximum atomic E-state index is 5.60. The van der Waals surface area contributed by atoms with Gasteiger partial charge < -0.3 is 28.7 Å². The molecule has 14 heterocycles. The first kappa shape index (κ1) is 112. The van der Waals surface area contributed by atoms with E-state index in [4.69, 9.17) is 14.6 Å². The Labute approximate surface area is 753 Å². The molecule has 0 unspecified atom stereocenters. The van der Waals surface area contributed by atoms with Gasteiger partial charge >= 0.3 is 0 Å². The number of anilines is 1. The molecular formula is C94H160N28O2S. The molecule has 0 saturated carbocycles. The van der Waals surface area contributed by atoms with Crippen LogP contribution in [0.3, 0.4) is 0 Å². The topological polar surface area (TPSA) is 334 Å². The molecule has 0 amide bonds. The van der Waals surface area contributed by atoms with Gasteiger partial charge in [0.2, 0.25) is 11.8 Å². The number of nitrogens with zero attached hydrogens (tertiary/aromatic N) is 25. The Kier molecular flexibility index (Phi) is 53.6. The summed E-state index contributed by atoms with van der Waals surface area (Å²) in [5, 5.41) is 57.1. The van der Waals surface area contributed by atoms with E-state index in [0.717, 1.165) is 45.3 Å². The Balaban J connectivity index is 0.000000673. The number of nitrogen functional groups attached to an aromatic ring is 1. The molecule has 0 aliphatic carbocycles. The van der Waals surface area contributed by atoms with Crippen molar-refractivity contribution in [1.82, 2.24) is 133 Å². The van der Waals surface area contributed by atoms with E-state index in [1.165, 1.54) is 44.8 Å². The van der Waals surface area contributed by atoms with Crippen molar-refractivity contribution < 1.29 is 8.83 Å². The summed E-state index contributed by atoms with van der Waals surface area (Å²) in [6, 6.07) is 7.34. The van der Waals surface area contributed by atoms with Crippen LogP contribution in [0.4, 0.5) is 5.69 Å². The first-order valence-electron chi connectivity index (χ1n) is 43.9. The van der Waals surface area contributed by atoms with E-state index in [-0.39, 0.29) is 0 Å². The minimum Gasteiger partial charge on any atom is -0.446 e. The van der Waals surface area contributed by atoms with Crippen LogP contribution in [0.15, 0.2) is 151 Å². The predicted octanol–water partition coefficient (Wildman–Crippen LogP) is 23.9. The van der Waals surface area contributed by atoms with Crippen molar-refractivity contribution >= 4 is 17.0 Å². The average Bonchev–Trinajstić information content (AvgIpc) is 1.73. The maximum absolute atomic E-state index is 5.60. The average molecular weight is 1750 g/mol. The Bertz CT molecular complexity index is 4360. The highest BCUT2D eigenvalue weighted by atomic mass is 32.1. The summed E-state index contributed by atoms with van der Waals surface area (Å²) in [6.45, 7) is 80.2. The molecule has 14 rings (SSSR count). The molecule has 0 spiro atoms. The van der Waals surface area contributed by atoms with E-state index in [2.05, 4.69) is 300 Å². The zero-order chi connectivity index (χ0) is 94.9. The molecule has 31 heteroatoms. The van der Waals surface area contributed by atoms with Crippen molar-refractivity contribution in [3.05, 3.63) is 232 Å². The first-order valence-corrected chi connectivity index (χ1v) is 44.7. The summed E-state index contributed by atoms with van der Waals surface area (Å²) < 4.78 is 26.1. The Morgan fingerprint density at radius 1 is 0.464 bits per heavy atom. The standard InChI is InChI=1S/2C8H14N2.C7H13N3.4C7H12N2.C7H11NO.C7H11N.C6H10N2O.C6H10N2S.2C6H10N2.C5H9N3/c1-6(2)10-8(4)7(3)5-9-10;1-4-10-6-8(5-9-10)7(2)3;1-5(2)10-4-7(8)6(3)9-10;1-6(2)7-4-8-9(3)5-7;1-6(2)9-4-7(3)8-5-9;1-6(2)9-5-7(3)4-8-9;1-5(2)7-4-8-9-6(7)3;1-5(2)7-8-4-6(3)9-7;1-6(2)7-3-4-8-5-7;2*1-4(2)6-8-7-5(3)9-6;1-6(2)8-4-3-7-5-8;1-6(2)8-5-3-4-7-8;1-5(2)8-6-3-4-7-8/h5-6H,1-4H3;5-7H,4H2,1-3H3;4-5H,8H2,1-3H3;3*4-6H,1-3H3;4-5H,1-3H3,(H,8,9);4-5H,1-3H3;3-6,8H,1-2H3;2*4H,1-3H3;2*3-6H,1-2H3;3-5H,1-2H3. The summed E-state index contributed by atoms with van der Waals surface area (Å²) in [6.07, 6.45) is 39.9. The van der Waals surface area contributed by atoms with Crippen molar-refractivity contribution in [3.63, 3.8) is 0 Å². The minimum atomic E-state index is 0.339. The lowest BCUT2D eigenvalue weighted by Crippen LogP contribution is -2.04. The molecule has 0 aromatic carbocycles. The van der Waals surface area contributed by atoms with Crippen LogP contribution in [-0.2, 0) is 13.6 Å². The Hall–Kier alpha value is -11.0. The third-order valence-corrected chi connectivity index (χ3v) is 19.1. The van der Waals surface area contributed by atoms with Crippen LogP contribution in [-0.4, -0.2) is 133 Å². The lowest BCUT2D eigenvalue weighted by molar-refractivity contribution is 0.447. The SMILES string of the molecule is CC(C)c1cc[nH]c1.CC(C)c1cnn(C)c1.CC(C)n1cccn1.CC(C)n1ccnc1.CC(C)n1nccn1.CCn1cc(C(C)C)cn1.Cc1[nH]ncc1C(C)C.Cc1cn(C(C)C)cn1.Cc1cnc(C(C)C)o1.Cc1cnn(C(C)C)c1.Cc1cnn(C(C)C)c1C.Cc1nn(C(C)C)cc1N.Cc1nnc(C(C)C)o1.Cc1nnc(C(C)C)s1. The number of oxazole rings is 1. The Morgan fingerprint density at radius 2 is 1.06 bits per heavy atom. The number of imidazole rings is 2. The van der Waals surface area contributed by atoms with Crippen molar-refractivity contribution in [1.29, 1.82) is 0 Å². The Morgan fingerprint density at radius 3 is 1.30 bits per heavy atom. The summed E-state index contributed by atoms with van der Waals surface area (Å²) >= 11 is 1.67. The molecule has 4 N–H and O–H groups in total. The fourth-order valence-electron chi connectivity index (χ4n) is 9.84. The smallest absolute Gasteiger partial charge is 0.219 e. The van der Waals surface area contributed by atoms with Gasteiger partial charge in [-0.05, 0) is 228 Å². The molecule has 0 radical (unpaired) electrons. The van der Waals surface area contributed by atoms with Gasteiger partial charge in [-0.3, -0.25) is 33.2 Å². The number of nitrogens with two attached hydrogens (primary N) is 1. The number of aromatic nitrogens is 27. The summed E-state index contributed by atoms with van der Waals surface area (Å²) in [5.41, 5.74) is 18.6. The molecule has 0 saturated heterocycles. The fourth-order valence-corrected chi connectivity index (χ4v) is 10.5. The second-order valence-corrected chi connectivity index (χ2v) is 35.6. The highest BCUT2D eigenvalue weighted by molar-refractivity contribution is 7.11. The molecule has 0 fully saturated rings. The molecule has 0 atom stereocenters.